The van der Waals surface area contributed by atoms with Crippen LogP contribution in [-0.2, 0) is 6.54 Å². The summed E-state index contributed by atoms with van der Waals surface area (Å²) in [4.78, 5) is 2.17. The third kappa shape index (κ3) is 3.39. The van der Waals surface area contributed by atoms with Crippen LogP contribution in [0.2, 0.25) is 10.0 Å². The number of rotatable bonds is 3. The van der Waals surface area contributed by atoms with Crippen molar-refractivity contribution >= 4 is 28.9 Å². The first-order valence-corrected chi connectivity index (χ1v) is 6.12. The van der Waals surface area contributed by atoms with E-state index in [0.717, 1.165) is 22.3 Å². The molecule has 2 rings (SSSR count). The minimum Gasteiger partial charge on any atom is -0.370 e. The number of hydrogen-bond acceptors (Lipinski definition) is 1. The smallest absolute Gasteiger partial charge is 0.0426 e. The van der Waals surface area contributed by atoms with Crippen LogP contribution in [0.5, 0.6) is 0 Å². The van der Waals surface area contributed by atoms with Crippen molar-refractivity contribution in [1.29, 1.82) is 0 Å². The Hall–Kier alpha value is -1.18. The Balaban J connectivity index is 2.08. The van der Waals surface area contributed by atoms with E-state index >= 15 is 0 Å². The summed E-state index contributed by atoms with van der Waals surface area (Å²) >= 11 is 11.7. The maximum absolute atomic E-state index is 5.86. The number of halogens is 2. The highest BCUT2D eigenvalue weighted by molar-refractivity contribution is 6.30. The van der Waals surface area contributed by atoms with Gasteiger partial charge < -0.3 is 4.90 Å². The number of benzene rings is 2. The van der Waals surface area contributed by atoms with Crippen molar-refractivity contribution in [2.75, 3.05) is 11.9 Å². The molecule has 0 aliphatic carbocycles. The van der Waals surface area contributed by atoms with E-state index in [9.17, 15) is 0 Å². The Kier molecular flexibility index (Phi) is 3.93. The highest BCUT2D eigenvalue weighted by atomic mass is 35.5. The maximum atomic E-state index is 5.86. The van der Waals surface area contributed by atoms with E-state index in [1.165, 1.54) is 5.56 Å². The molecular weight excluding hydrogens is 253 g/mol. The topological polar surface area (TPSA) is 3.24 Å². The van der Waals surface area contributed by atoms with Gasteiger partial charge in [-0.2, -0.15) is 0 Å². The van der Waals surface area contributed by atoms with Gasteiger partial charge in [0.05, 0.1) is 0 Å². The van der Waals surface area contributed by atoms with Crippen LogP contribution in [0.3, 0.4) is 0 Å². The van der Waals surface area contributed by atoms with Crippen molar-refractivity contribution in [2.45, 2.75) is 6.54 Å². The first kappa shape index (κ1) is 12.3. The molecule has 0 N–H and O–H groups in total. The minimum atomic E-state index is 0.758. The van der Waals surface area contributed by atoms with Crippen LogP contribution in [0, 0.1) is 0 Å². The second-order valence-corrected chi connectivity index (χ2v) is 4.83. The van der Waals surface area contributed by atoms with E-state index in [1.807, 2.05) is 48.5 Å². The molecule has 0 unspecified atom stereocenters. The lowest BCUT2D eigenvalue weighted by Crippen LogP contribution is -2.15. The Bertz CT molecular complexity index is 477. The SMILES string of the molecule is CN(Cc1ccc(Cl)cc1)c1ccc(Cl)cc1. The number of hydrogen-bond donors (Lipinski definition) is 0. The van der Waals surface area contributed by atoms with E-state index in [-0.39, 0.29) is 0 Å². The second kappa shape index (κ2) is 5.44. The third-order valence-electron chi connectivity index (χ3n) is 2.60. The zero-order chi connectivity index (χ0) is 12.3. The van der Waals surface area contributed by atoms with Crippen LogP contribution < -0.4 is 4.90 Å². The molecule has 0 atom stereocenters. The van der Waals surface area contributed by atoms with Crippen LogP contribution in [0.4, 0.5) is 5.69 Å². The lowest BCUT2D eigenvalue weighted by Gasteiger charge is -2.19. The van der Waals surface area contributed by atoms with E-state index in [2.05, 4.69) is 11.9 Å². The summed E-state index contributed by atoms with van der Waals surface area (Å²) in [6, 6.07) is 15.7. The molecule has 0 spiro atoms. The van der Waals surface area contributed by atoms with E-state index in [1.54, 1.807) is 0 Å². The van der Waals surface area contributed by atoms with Gasteiger partial charge in [0.25, 0.3) is 0 Å². The van der Waals surface area contributed by atoms with Crippen LogP contribution >= 0.6 is 23.2 Å². The van der Waals surface area contributed by atoms with E-state index < -0.39 is 0 Å². The van der Waals surface area contributed by atoms with Crippen LogP contribution in [0.25, 0.3) is 0 Å². The molecule has 0 aromatic heterocycles. The fourth-order valence-electron chi connectivity index (χ4n) is 1.65. The summed E-state index contributed by atoms with van der Waals surface area (Å²) in [5.41, 5.74) is 2.37. The summed E-state index contributed by atoms with van der Waals surface area (Å²) in [7, 11) is 2.05. The molecule has 1 nitrogen and oxygen atoms in total. The van der Waals surface area contributed by atoms with E-state index in [4.69, 9.17) is 23.2 Å². The van der Waals surface area contributed by atoms with Crippen LogP contribution in [-0.4, -0.2) is 7.05 Å². The van der Waals surface area contributed by atoms with Gasteiger partial charge in [0.15, 0.2) is 0 Å². The Morgan fingerprint density at radius 1 is 0.824 bits per heavy atom. The normalized spacial score (nSPS) is 10.3. The van der Waals surface area contributed by atoms with Crippen molar-refractivity contribution in [1.82, 2.24) is 0 Å². The molecule has 2 aromatic carbocycles. The van der Waals surface area contributed by atoms with Gasteiger partial charge in [0.1, 0.15) is 0 Å². The zero-order valence-electron chi connectivity index (χ0n) is 9.53. The first-order valence-electron chi connectivity index (χ1n) is 5.36. The van der Waals surface area contributed by atoms with Gasteiger partial charge >= 0.3 is 0 Å². The van der Waals surface area contributed by atoms with Crippen molar-refractivity contribution in [2.24, 2.45) is 0 Å². The molecule has 2 aromatic rings. The molecule has 0 saturated heterocycles. The lowest BCUT2D eigenvalue weighted by molar-refractivity contribution is 0.923. The fourth-order valence-corrected chi connectivity index (χ4v) is 1.90. The van der Waals surface area contributed by atoms with Crippen molar-refractivity contribution in [3.63, 3.8) is 0 Å². The molecule has 0 bridgehead atoms. The monoisotopic (exact) mass is 265 g/mol. The third-order valence-corrected chi connectivity index (χ3v) is 3.10. The summed E-state index contributed by atoms with van der Waals surface area (Å²) < 4.78 is 0. The second-order valence-electron chi connectivity index (χ2n) is 3.96. The predicted octanol–water partition coefficient (Wildman–Crippen LogP) is 4.63. The average molecular weight is 266 g/mol. The van der Waals surface area contributed by atoms with Crippen LogP contribution in [0.15, 0.2) is 48.5 Å². The van der Waals surface area contributed by atoms with Gasteiger partial charge in [-0.25, -0.2) is 0 Å². The fraction of sp³-hybridized carbons (Fsp3) is 0.143. The zero-order valence-corrected chi connectivity index (χ0v) is 11.0. The Morgan fingerprint density at radius 3 is 1.82 bits per heavy atom. The first-order chi connectivity index (χ1) is 8.15. The summed E-state index contributed by atoms with van der Waals surface area (Å²) in [6.45, 7) is 0.846. The number of nitrogens with zero attached hydrogens (tertiary/aromatic N) is 1. The molecule has 0 heterocycles. The Morgan fingerprint density at radius 2 is 1.29 bits per heavy atom. The highest BCUT2D eigenvalue weighted by Gasteiger charge is 2.02. The van der Waals surface area contributed by atoms with Gasteiger partial charge in [-0.05, 0) is 42.0 Å². The number of anilines is 1. The Labute approximate surface area is 112 Å². The molecule has 88 valence electrons. The summed E-state index contributed by atoms with van der Waals surface area (Å²) in [5.74, 6) is 0. The van der Waals surface area contributed by atoms with Gasteiger partial charge in [-0.1, -0.05) is 35.3 Å². The molecule has 0 aliphatic rings. The van der Waals surface area contributed by atoms with Gasteiger partial charge in [0.2, 0.25) is 0 Å². The summed E-state index contributed by atoms with van der Waals surface area (Å²) in [5, 5.41) is 1.52. The van der Waals surface area contributed by atoms with Crippen molar-refractivity contribution < 1.29 is 0 Å². The maximum Gasteiger partial charge on any atom is 0.0426 e. The molecule has 0 aliphatic heterocycles. The summed E-state index contributed by atoms with van der Waals surface area (Å²) in [6.07, 6.45) is 0. The largest absolute Gasteiger partial charge is 0.370 e. The lowest BCUT2D eigenvalue weighted by atomic mass is 10.2. The highest BCUT2D eigenvalue weighted by Crippen LogP contribution is 2.19. The van der Waals surface area contributed by atoms with Gasteiger partial charge in [-0.3, -0.25) is 0 Å². The van der Waals surface area contributed by atoms with Gasteiger partial charge in [0, 0.05) is 29.3 Å². The average Bonchev–Trinajstić information content (AvgIpc) is 2.33. The quantitative estimate of drug-likeness (QED) is 0.782. The van der Waals surface area contributed by atoms with E-state index in [0.29, 0.717) is 0 Å². The molecule has 3 heteroatoms. The van der Waals surface area contributed by atoms with Crippen molar-refractivity contribution in [3.05, 3.63) is 64.1 Å². The van der Waals surface area contributed by atoms with Gasteiger partial charge in [-0.15, -0.1) is 0 Å². The molecule has 0 amide bonds. The van der Waals surface area contributed by atoms with Crippen molar-refractivity contribution in [3.8, 4) is 0 Å². The van der Waals surface area contributed by atoms with Crippen LogP contribution in [0.1, 0.15) is 5.56 Å². The standard InChI is InChI=1S/C14H13Cl2N/c1-17(14-8-6-13(16)7-9-14)10-11-2-4-12(15)5-3-11/h2-9H,10H2,1H3. The molecule has 0 radical (unpaired) electrons. The minimum absolute atomic E-state index is 0.758. The molecular formula is C14H13Cl2N. The predicted molar refractivity (Wildman–Crippen MR) is 75.0 cm³/mol. The molecule has 17 heavy (non-hydrogen) atoms. The molecule has 0 saturated carbocycles. The molecule has 0 fully saturated rings.